The molecule has 5 heteroatoms. The quantitative estimate of drug-likeness (QED) is 0.624. The normalized spacial score (nSPS) is 15.4. The van der Waals surface area contributed by atoms with Crippen LogP contribution in [0.15, 0.2) is 48.1 Å². The van der Waals surface area contributed by atoms with Gasteiger partial charge in [-0.25, -0.2) is 0 Å². The van der Waals surface area contributed by atoms with Crippen LogP contribution in [0, 0.1) is 0 Å². The van der Waals surface area contributed by atoms with E-state index < -0.39 is 11.9 Å². The molecule has 0 bridgehead atoms. The molecule has 1 aromatic rings. The summed E-state index contributed by atoms with van der Waals surface area (Å²) in [6, 6.07) is 7.40. The highest BCUT2D eigenvalue weighted by molar-refractivity contribution is 5.93. The summed E-state index contributed by atoms with van der Waals surface area (Å²) in [5, 5.41) is 11.2. The molecule has 0 amide bonds. The largest absolute Gasteiger partial charge is 0.875 e. The van der Waals surface area contributed by atoms with Crippen molar-refractivity contribution in [3.8, 4) is 0 Å². The Labute approximate surface area is 121 Å². The number of hydrogen-bond donors (Lipinski definition) is 0. The Morgan fingerprint density at radius 1 is 1.05 bits per heavy atom. The molecule has 1 aliphatic rings. The number of ether oxygens (including phenoxy) is 2. The van der Waals surface area contributed by atoms with Gasteiger partial charge >= 0.3 is 11.9 Å². The second-order valence-corrected chi connectivity index (χ2v) is 4.33. The van der Waals surface area contributed by atoms with Crippen molar-refractivity contribution in [1.29, 1.82) is 0 Å². The summed E-state index contributed by atoms with van der Waals surface area (Å²) in [6.45, 7) is 2.37. The van der Waals surface area contributed by atoms with Gasteiger partial charge in [-0.1, -0.05) is 30.3 Å². The fourth-order valence-corrected chi connectivity index (χ4v) is 2.01. The Hall–Kier alpha value is -2.82. The van der Waals surface area contributed by atoms with Crippen LogP contribution in [0.3, 0.4) is 0 Å². The van der Waals surface area contributed by atoms with Gasteiger partial charge in [-0.05, 0) is 17.2 Å². The highest BCUT2D eigenvalue weighted by Crippen LogP contribution is 2.34. The first kappa shape index (κ1) is 14.6. The molecule has 0 spiro atoms. The number of hydrogen-bond acceptors (Lipinski definition) is 5. The topological polar surface area (TPSA) is 75.7 Å². The predicted octanol–water partition coefficient (Wildman–Crippen LogP) is 1.75. The van der Waals surface area contributed by atoms with Crippen LogP contribution >= 0.6 is 0 Å². The molecule has 0 heterocycles. The summed E-state index contributed by atoms with van der Waals surface area (Å²) in [5.41, 5.74) is 2.23. The van der Waals surface area contributed by atoms with Gasteiger partial charge in [-0.3, -0.25) is 9.59 Å². The van der Waals surface area contributed by atoms with E-state index in [9.17, 15) is 14.7 Å². The molecule has 0 saturated heterocycles. The minimum absolute atomic E-state index is 0.0612. The number of fused-ring (bicyclic) bond motifs is 1. The van der Waals surface area contributed by atoms with Crippen LogP contribution in [-0.2, 0) is 19.1 Å². The molecule has 108 valence electrons. The summed E-state index contributed by atoms with van der Waals surface area (Å²) in [5.74, 6) is -1.66. The Balaban J connectivity index is 2.56. The van der Waals surface area contributed by atoms with Crippen LogP contribution in [0.4, 0.5) is 0 Å². The van der Waals surface area contributed by atoms with E-state index in [0.29, 0.717) is 11.8 Å². The highest BCUT2D eigenvalue weighted by atomic mass is 16.6. The van der Waals surface area contributed by atoms with Gasteiger partial charge < -0.3 is 14.6 Å². The number of carbonyl (C=O) groups excluding carboxylic acids is 2. The zero-order valence-electron chi connectivity index (χ0n) is 11.6. The average molecular weight is 285 g/mol. The van der Waals surface area contributed by atoms with Crippen LogP contribution in [0.25, 0.3) is 11.6 Å². The van der Waals surface area contributed by atoms with E-state index in [1.165, 1.54) is 6.92 Å². The summed E-state index contributed by atoms with van der Waals surface area (Å²) >= 11 is 0. The monoisotopic (exact) mass is 285 g/mol. The van der Waals surface area contributed by atoms with Crippen LogP contribution in [0.5, 0.6) is 0 Å². The third-order valence-corrected chi connectivity index (χ3v) is 2.76. The van der Waals surface area contributed by atoms with Gasteiger partial charge in [0.1, 0.15) is 0 Å². The standard InChI is InChI=1S/C16H14O5/c1-10(18)20-15(9-17)16(21-11(2)19)14-8-7-12-5-3-4-6-13(12)14/h3-9,17H,1-2H3/p-1. The van der Waals surface area contributed by atoms with Crippen molar-refractivity contribution in [2.24, 2.45) is 0 Å². The van der Waals surface area contributed by atoms with Crippen LogP contribution in [0.1, 0.15) is 25.0 Å². The lowest BCUT2D eigenvalue weighted by atomic mass is 10.0. The molecule has 5 nitrogen and oxygen atoms in total. The molecule has 0 atom stereocenters. The molecule has 0 N–H and O–H groups in total. The lowest BCUT2D eigenvalue weighted by molar-refractivity contribution is -0.279. The highest BCUT2D eigenvalue weighted by Gasteiger charge is 2.21. The molecule has 0 radical (unpaired) electrons. The fraction of sp³-hybridized carbons (Fsp3) is 0.125. The zero-order chi connectivity index (χ0) is 15.4. The van der Waals surface area contributed by atoms with Gasteiger partial charge in [-0.2, -0.15) is 0 Å². The first-order valence-corrected chi connectivity index (χ1v) is 6.24. The maximum absolute atomic E-state index is 11.3. The molecule has 2 rings (SSSR count). The second kappa shape index (κ2) is 6.09. The van der Waals surface area contributed by atoms with Gasteiger partial charge in [0.15, 0.2) is 11.5 Å². The molecule has 0 aromatic heterocycles. The average Bonchev–Trinajstić information content (AvgIpc) is 2.86. The lowest BCUT2D eigenvalue weighted by Gasteiger charge is -2.15. The van der Waals surface area contributed by atoms with Gasteiger partial charge in [0.25, 0.3) is 0 Å². The first-order valence-electron chi connectivity index (χ1n) is 6.24. The van der Waals surface area contributed by atoms with Crippen molar-refractivity contribution < 1.29 is 24.2 Å². The molecule has 0 fully saturated rings. The SMILES string of the molecule is CC(=O)OC(=C[O-])C(OC(C)=O)=C1C=Cc2ccccc21. The van der Waals surface area contributed by atoms with E-state index in [1.807, 2.05) is 30.3 Å². The third kappa shape index (κ3) is 3.20. The summed E-state index contributed by atoms with van der Waals surface area (Å²) in [4.78, 5) is 22.4. The molecule has 0 unspecified atom stereocenters. The smallest absolute Gasteiger partial charge is 0.308 e. The van der Waals surface area contributed by atoms with Crippen LogP contribution < -0.4 is 5.11 Å². The van der Waals surface area contributed by atoms with Gasteiger partial charge in [0, 0.05) is 19.4 Å². The van der Waals surface area contributed by atoms with Crippen molar-refractivity contribution in [2.75, 3.05) is 0 Å². The van der Waals surface area contributed by atoms with Crippen molar-refractivity contribution in [1.82, 2.24) is 0 Å². The van der Waals surface area contributed by atoms with Crippen molar-refractivity contribution >= 4 is 23.6 Å². The predicted molar refractivity (Wildman–Crippen MR) is 74.0 cm³/mol. The van der Waals surface area contributed by atoms with Crippen molar-refractivity contribution in [3.63, 3.8) is 0 Å². The molecular weight excluding hydrogens is 272 g/mol. The summed E-state index contributed by atoms with van der Waals surface area (Å²) < 4.78 is 9.92. The molecular formula is C16H13O5-. The Morgan fingerprint density at radius 3 is 2.33 bits per heavy atom. The lowest BCUT2D eigenvalue weighted by Crippen LogP contribution is -2.11. The van der Waals surface area contributed by atoms with E-state index in [2.05, 4.69) is 0 Å². The Morgan fingerprint density at radius 2 is 1.71 bits per heavy atom. The maximum atomic E-state index is 11.3. The van der Waals surface area contributed by atoms with Crippen molar-refractivity contribution in [3.05, 3.63) is 59.2 Å². The Bertz CT molecular complexity index is 680. The molecule has 0 saturated carbocycles. The van der Waals surface area contributed by atoms with E-state index in [0.717, 1.165) is 18.1 Å². The molecule has 1 aliphatic carbocycles. The van der Waals surface area contributed by atoms with E-state index in [-0.39, 0.29) is 11.5 Å². The zero-order valence-corrected chi connectivity index (χ0v) is 11.6. The number of carbonyl (C=O) groups is 2. The second-order valence-electron chi connectivity index (χ2n) is 4.33. The maximum Gasteiger partial charge on any atom is 0.308 e. The number of allylic oxidation sites excluding steroid dienone is 2. The number of rotatable bonds is 3. The van der Waals surface area contributed by atoms with E-state index >= 15 is 0 Å². The summed E-state index contributed by atoms with van der Waals surface area (Å²) in [7, 11) is 0. The van der Waals surface area contributed by atoms with E-state index in [4.69, 9.17) is 9.47 Å². The van der Waals surface area contributed by atoms with Gasteiger partial charge in [-0.15, -0.1) is 6.26 Å². The van der Waals surface area contributed by atoms with E-state index in [1.54, 1.807) is 6.08 Å². The summed E-state index contributed by atoms with van der Waals surface area (Å²) in [6.07, 6.45) is 3.88. The molecule has 0 aliphatic heterocycles. The minimum Gasteiger partial charge on any atom is -0.875 e. The minimum atomic E-state index is -0.669. The number of esters is 2. The molecule has 1 aromatic carbocycles. The fourth-order valence-electron chi connectivity index (χ4n) is 2.01. The molecule has 21 heavy (non-hydrogen) atoms. The first-order chi connectivity index (χ1) is 10.0. The van der Waals surface area contributed by atoms with Gasteiger partial charge in [0.05, 0.1) is 0 Å². The Kier molecular flexibility index (Phi) is 4.23. The number of benzene rings is 1. The van der Waals surface area contributed by atoms with Crippen LogP contribution in [0.2, 0.25) is 0 Å². The van der Waals surface area contributed by atoms with Gasteiger partial charge in [0.2, 0.25) is 0 Å². The van der Waals surface area contributed by atoms with Crippen LogP contribution in [-0.4, -0.2) is 11.9 Å². The van der Waals surface area contributed by atoms with Crippen molar-refractivity contribution in [2.45, 2.75) is 13.8 Å². The third-order valence-electron chi connectivity index (χ3n) is 2.76.